The Bertz CT molecular complexity index is 489. The van der Waals surface area contributed by atoms with Crippen LogP contribution >= 0.6 is 0 Å². The Morgan fingerprint density at radius 1 is 1.11 bits per heavy atom. The van der Waals surface area contributed by atoms with E-state index in [-0.39, 0.29) is 0 Å². The SMILES string of the molecule is CON=C1CCCC(C)=C1c1ccccc1OC. The number of oxime groups is 1. The number of nitrogens with zero attached hydrogens (tertiary/aromatic N) is 1. The van der Waals surface area contributed by atoms with Gasteiger partial charge >= 0.3 is 0 Å². The van der Waals surface area contributed by atoms with Crippen LogP contribution in [0.3, 0.4) is 0 Å². The normalized spacial score (nSPS) is 18.1. The van der Waals surface area contributed by atoms with Crippen LogP contribution in [0.1, 0.15) is 31.7 Å². The molecule has 0 unspecified atom stereocenters. The van der Waals surface area contributed by atoms with E-state index < -0.39 is 0 Å². The van der Waals surface area contributed by atoms with Crippen LogP contribution in [-0.4, -0.2) is 19.9 Å². The van der Waals surface area contributed by atoms with Crippen molar-refractivity contribution in [1.29, 1.82) is 0 Å². The number of methoxy groups -OCH3 is 1. The summed E-state index contributed by atoms with van der Waals surface area (Å²) in [6.07, 6.45) is 3.20. The molecule has 0 fully saturated rings. The molecule has 0 N–H and O–H groups in total. The second-order valence-corrected chi connectivity index (χ2v) is 4.43. The third-order valence-corrected chi connectivity index (χ3v) is 3.26. The fourth-order valence-corrected chi connectivity index (χ4v) is 2.46. The molecule has 0 aliphatic heterocycles. The zero-order chi connectivity index (χ0) is 13.0. The third-order valence-electron chi connectivity index (χ3n) is 3.26. The average molecular weight is 245 g/mol. The molecule has 0 atom stereocenters. The molecule has 0 spiro atoms. The van der Waals surface area contributed by atoms with E-state index in [9.17, 15) is 0 Å². The molecule has 1 aliphatic rings. The lowest BCUT2D eigenvalue weighted by molar-refractivity contribution is 0.213. The summed E-state index contributed by atoms with van der Waals surface area (Å²) in [7, 11) is 3.29. The first-order valence-electron chi connectivity index (χ1n) is 6.21. The Kier molecular flexibility index (Phi) is 4.03. The molecule has 0 radical (unpaired) electrons. The van der Waals surface area contributed by atoms with E-state index >= 15 is 0 Å². The molecule has 0 heterocycles. The number of ether oxygens (including phenoxy) is 1. The van der Waals surface area contributed by atoms with Crippen molar-refractivity contribution in [2.75, 3.05) is 14.2 Å². The molecule has 0 amide bonds. The molecule has 2 rings (SSSR count). The lowest BCUT2D eigenvalue weighted by Gasteiger charge is -2.21. The lowest BCUT2D eigenvalue weighted by Crippen LogP contribution is -2.11. The maximum absolute atomic E-state index is 5.44. The summed E-state index contributed by atoms with van der Waals surface area (Å²) in [5.74, 6) is 0.887. The van der Waals surface area contributed by atoms with Gasteiger partial charge in [0.2, 0.25) is 0 Å². The molecular formula is C15H19NO2. The minimum Gasteiger partial charge on any atom is -0.496 e. The first-order chi connectivity index (χ1) is 8.77. The summed E-state index contributed by atoms with van der Waals surface area (Å²) in [6, 6.07) is 8.06. The number of hydrogen-bond acceptors (Lipinski definition) is 3. The predicted octanol–water partition coefficient (Wildman–Crippen LogP) is 3.66. The van der Waals surface area contributed by atoms with Gasteiger partial charge in [0.1, 0.15) is 12.9 Å². The molecule has 0 aromatic heterocycles. The Hall–Kier alpha value is -1.77. The van der Waals surface area contributed by atoms with Crippen molar-refractivity contribution in [2.24, 2.45) is 5.16 Å². The largest absolute Gasteiger partial charge is 0.496 e. The zero-order valence-corrected chi connectivity index (χ0v) is 11.2. The quantitative estimate of drug-likeness (QED) is 0.761. The number of rotatable bonds is 3. The highest BCUT2D eigenvalue weighted by Crippen LogP contribution is 2.35. The summed E-state index contributed by atoms with van der Waals surface area (Å²) >= 11 is 0. The van der Waals surface area contributed by atoms with Crippen molar-refractivity contribution in [1.82, 2.24) is 0 Å². The van der Waals surface area contributed by atoms with E-state index in [2.05, 4.69) is 18.1 Å². The van der Waals surface area contributed by atoms with Gasteiger partial charge in [0.15, 0.2) is 0 Å². The standard InChI is InChI=1S/C15H19NO2/c1-11-7-6-9-13(16-18-3)15(11)12-8-4-5-10-14(12)17-2/h4-5,8,10H,6-7,9H2,1-3H3. The zero-order valence-electron chi connectivity index (χ0n) is 11.2. The molecule has 0 saturated heterocycles. The minimum atomic E-state index is 0.887. The van der Waals surface area contributed by atoms with Crippen LogP contribution in [0.5, 0.6) is 5.75 Å². The summed E-state index contributed by atoms with van der Waals surface area (Å²) in [5, 5.41) is 4.17. The minimum absolute atomic E-state index is 0.887. The molecule has 3 heteroatoms. The monoisotopic (exact) mass is 245 g/mol. The molecule has 96 valence electrons. The molecule has 1 aromatic carbocycles. The highest BCUT2D eigenvalue weighted by molar-refractivity contribution is 6.25. The van der Waals surface area contributed by atoms with Crippen LogP contribution < -0.4 is 4.74 Å². The number of hydrogen-bond donors (Lipinski definition) is 0. The Morgan fingerprint density at radius 3 is 2.61 bits per heavy atom. The molecule has 1 aromatic rings. The predicted molar refractivity (Wildman–Crippen MR) is 73.9 cm³/mol. The van der Waals surface area contributed by atoms with Crippen molar-refractivity contribution in [3.63, 3.8) is 0 Å². The van der Waals surface area contributed by atoms with Crippen LogP contribution in [0.25, 0.3) is 5.57 Å². The van der Waals surface area contributed by atoms with Crippen LogP contribution in [-0.2, 0) is 4.84 Å². The highest BCUT2D eigenvalue weighted by atomic mass is 16.6. The molecule has 0 bridgehead atoms. The van der Waals surface area contributed by atoms with Gasteiger partial charge in [0, 0.05) is 11.1 Å². The average Bonchev–Trinajstić information content (AvgIpc) is 2.39. The van der Waals surface area contributed by atoms with E-state index in [1.807, 2.05) is 18.2 Å². The Morgan fingerprint density at radius 2 is 1.89 bits per heavy atom. The Balaban J connectivity index is 2.54. The van der Waals surface area contributed by atoms with E-state index in [0.717, 1.165) is 36.3 Å². The van der Waals surface area contributed by atoms with Crippen molar-refractivity contribution in [3.8, 4) is 5.75 Å². The van der Waals surface area contributed by atoms with E-state index in [4.69, 9.17) is 9.57 Å². The smallest absolute Gasteiger partial charge is 0.126 e. The van der Waals surface area contributed by atoms with Gasteiger partial charge in [-0.25, -0.2) is 0 Å². The van der Waals surface area contributed by atoms with Crippen LogP contribution in [0.4, 0.5) is 0 Å². The van der Waals surface area contributed by atoms with E-state index in [1.165, 1.54) is 11.1 Å². The maximum atomic E-state index is 5.44. The van der Waals surface area contributed by atoms with Gasteiger partial charge in [-0.05, 0) is 32.3 Å². The highest BCUT2D eigenvalue weighted by Gasteiger charge is 2.21. The fraction of sp³-hybridized carbons (Fsp3) is 0.400. The fourth-order valence-electron chi connectivity index (χ4n) is 2.46. The molecule has 0 saturated carbocycles. The van der Waals surface area contributed by atoms with E-state index in [1.54, 1.807) is 14.2 Å². The van der Waals surface area contributed by atoms with Gasteiger partial charge in [0.25, 0.3) is 0 Å². The van der Waals surface area contributed by atoms with Gasteiger partial charge < -0.3 is 9.57 Å². The molecule has 3 nitrogen and oxygen atoms in total. The molecule has 1 aliphatic carbocycles. The summed E-state index contributed by atoms with van der Waals surface area (Å²) < 4.78 is 5.44. The summed E-state index contributed by atoms with van der Waals surface area (Å²) in [5.41, 5.74) is 4.65. The summed E-state index contributed by atoms with van der Waals surface area (Å²) in [6.45, 7) is 2.16. The van der Waals surface area contributed by atoms with Gasteiger partial charge in [-0.2, -0.15) is 0 Å². The second kappa shape index (κ2) is 5.71. The van der Waals surface area contributed by atoms with Crippen molar-refractivity contribution >= 4 is 11.3 Å². The van der Waals surface area contributed by atoms with Gasteiger partial charge in [-0.3, -0.25) is 0 Å². The number of allylic oxidation sites excluding steroid dienone is 2. The van der Waals surface area contributed by atoms with Crippen LogP contribution in [0.2, 0.25) is 0 Å². The van der Waals surface area contributed by atoms with Gasteiger partial charge in [0.05, 0.1) is 12.8 Å². The lowest BCUT2D eigenvalue weighted by atomic mass is 9.86. The number of para-hydroxylation sites is 1. The maximum Gasteiger partial charge on any atom is 0.126 e. The van der Waals surface area contributed by atoms with Crippen molar-refractivity contribution in [2.45, 2.75) is 26.2 Å². The first kappa shape index (κ1) is 12.7. The van der Waals surface area contributed by atoms with Gasteiger partial charge in [-0.1, -0.05) is 28.9 Å². The first-order valence-corrected chi connectivity index (χ1v) is 6.21. The van der Waals surface area contributed by atoms with Crippen molar-refractivity contribution in [3.05, 3.63) is 35.4 Å². The van der Waals surface area contributed by atoms with Gasteiger partial charge in [-0.15, -0.1) is 0 Å². The summed E-state index contributed by atoms with van der Waals surface area (Å²) in [4.78, 5) is 4.97. The second-order valence-electron chi connectivity index (χ2n) is 4.43. The third kappa shape index (κ3) is 2.40. The van der Waals surface area contributed by atoms with E-state index in [0.29, 0.717) is 0 Å². The number of benzene rings is 1. The molecular weight excluding hydrogens is 226 g/mol. The molecule has 18 heavy (non-hydrogen) atoms. The topological polar surface area (TPSA) is 30.8 Å². The van der Waals surface area contributed by atoms with Crippen LogP contribution in [0.15, 0.2) is 35.0 Å². The Labute approximate surface area is 108 Å². The van der Waals surface area contributed by atoms with Crippen LogP contribution in [0, 0.1) is 0 Å². The van der Waals surface area contributed by atoms with Crippen molar-refractivity contribution < 1.29 is 9.57 Å².